The summed E-state index contributed by atoms with van der Waals surface area (Å²) in [5, 5.41) is 2.43. The second-order valence-electron chi connectivity index (χ2n) is 8.11. The molecule has 2 amide bonds. The maximum atomic E-state index is 12.9. The minimum absolute atomic E-state index is 0.181. The maximum absolute atomic E-state index is 12.9. The van der Waals surface area contributed by atoms with E-state index >= 15 is 0 Å². The van der Waals surface area contributed by atoms with Crippen LogP contribution in [0, 0.1) is 0 Å². The number of benzene rings is 4. The van der Waals surface area contributed by atoms with Gasteiger partial charge in [-0.2, -0.15) is 0 Å². The minimum Gasteiger partial charge on any atom is -0.491 e. The van der Waals surface area contributed by atoms with Gasteiger partial charge in [-0.1, -0.05) is 78.3 Å². The number of imide groups is 1. The van der Waals surface area contributed by atoms with E-state index in [0.29, 0.717) is 22.3 Å². The molecule has 0 bridgehead atoms. The highest BCUT2D eigenvalue weighted by Crippen LogP contribution is 2.33. The summed E-state index contributed by atoms with van der Waals surface area (Å²) in [6, 6.07) is 28.6. The van der Waals surface area contributed by atoms with Crippen molar-refractivity contribution in [3.05, 3.63) is 112 Å². The molecular formula is C29H22ClNO4S. The molecule has 0 saturated carbocycles. The molecule has 0 spiro atoms. The normalized spacial score (nSPS) is 14.6. The fraction of sp³-hybridized carbons (Fsp3) is 0.103. The van der Waals surface area contributed by atoms with Crippen molar-refractivity contribution in [1.82, 2.24) is 4.90 Å². The monoisotopic (exact) mass is 515 g/mol. The lowest BCUT2D eigenvalue weighted by Crippen LogP contribution is -2.32. The Morgan fingerprint density at radius 2 is 1.58 bits per heavy atom. The van der Waals surface area contributed by atoms with Crippen LogP contribution in [0.15, 0.2) is 95.9 Å². The molecule has 0 N–H and O–H groups in total. The number of halogens is 1. The smallest absolute Gasteiger partial charge is 0.293 e. The van der Waals surface area contributed by atoms with Gasteiger partial charge in [0.05, 0.1) is 11.4 Å². The number of ether oxygens (including phenoxy) is 2. The molecule has 5 nitrogen and oxygen atoms in total. The number of rotatable bonds is 8. The first-order valence-electron chi connectivity index (χ1n) is 11.4. The van der Waals surface area contributed by atoms with E-state index in [0.717, 1.165) is 39.4 Å². The lowest BCUT2D eigenvalue weighted by molar-refractivity contribution is -0.123. The van der Waals surface area contributed by atoms with Crippen molar-refractivity contribution in [3.63, 3.8) is 0 Å². The third kappa shape index (κ3) is 5.40. The van der Waals surface area contributed by atoms with Crippen LogP contribution in [0.25, 0.3) is 16.8 Å². The first kappa shape index (κ1) is 24.0. The van der Waals surface area contributed by atoms with Gasteiger partial charge < -0.3 is 9.47 Å². The van der Waals surface area contributed by atoms with Gasteiger partial charge in [0, 0.05) is 16.0 Å². The van der Waals surface area contributed by atoms with Crippen molar-refractivity contribution in [2.75, 3.05) is 13.2 Å². The molecule has 0 atom stereocenters. The number of fused-ring (bicyclic) bond motifs is 1. The molecule has 0 aromatic heterocycles. The molecule has 36 heavy (non-hydrogen) atoms. The number of hydrogen-bond donors (Lipinski definition) is 0. The van der Waals surface area contributed by atoms with Gasteiger partial charge in [-0.05, 0) is 53.1 Å². The van der Waals surface area contributed by atoms with Crippen molar-refractivity contribution in [1.29, 1.82) is 0 Å². The van der Waals surface area contributed by atoms with Gasteiger partial charge in [-0.25, -0.2) is 0 Å². The van der Waals surface area contributed by atoms with E-state index in [4.69, 9.17) is 21.1 Å². The number of amides is 2. The molecule has 4 aromatic carbocycles. The van der Waals surface area contributed by atoms with Crippen LogP contribution in [-0.4, -0.2) is 29.2 Å². The summed E-state index contributed by atoms with van der Waals surface area (Å²) < 4.78 is 11.7. The summed E-state index contributed by atoms with van der Waals surface area (Å²) in [6.07, 6.45) is 1.72. The lowest BCUT2D eigenvalue weighted by atomic mass is 10.1. The molecular weight excluding hydrogens is 494 g/mol. The number of nitrogens with zero attached hydrogens (tertiary/aromatic N) is 1. The SMILES string of the molecule is O=C1S/C(=C\c2ccc(OCc3ccccc3Cl)cc2)C(=O)N1CCOc1cccc2ccccc12. The van der Waals surface area contributed by atoms with E-state index in [-0.39, 0.29) is 24.3 Å². The molecule has 1 aliphatic heterocycles. The third-order valence-corrected chi connectivity index (χ3v) is 7.00. The Morgan fingerprint density at radius 1 is 0.833 bits per heavy atom. The van der Waals surface area contributed by atoms with Gasteiger partial charge in [0.25, 0.3) is 11.1 Å². The molecule has 7 heteroatoms. The van der Waals surface area contributed by atoms with E-state index in [1.165, 1.54) is 4.90 Å². The van der Waals surface area contributed by atoms with Gasteiger partial charge in [0.1, 0.15) is 24.7 Å². The Labute approximate surface area is 218 Å². The van der Waals surface area contributed by atoms with E-state index in [2.05, 4.69) is 0 Å². The summed E-state index contributed by atoms with van der Waals surface area (Å²) in [7, 11) is 0. The average Bonchev–Trinajstić information content (AvgIpc) is 3.16. The standard InChI is InChI=1S/C29H22ClNO4S/c30-25-10-4-2-7-22(25)19-35-23-14-12-20(13-15-23)18-27-28(32)31(29(33)36-27)16-17-34-26-11-5-8-21-6-1-3-9-24(21)26/h1-15,18H,16-17,19H2/b27-18-. The number of hydrogen-bond acceptors (Lipinski definition) is 5. The Balaban J connectivity index is 1.18. The Bertz CT molecular complexity index is 1450. The number of carbonyl (C=O) groups is 2. The highest BCUT2D eigenvalue weighted by atomic mass is 35.5. The highest BCUT2D eigenvalue weighted by Gasteiger charge is 2.34. The zero-order chi connectivity index (χ0) is 24.9. The summed E-state index contributed by atoms with van der Waals surface area (Å²) >= 11 is 7.11. The largest absolute Gasteiger partial charge is 0.491 e. The number of thioether (sulfide) groups is 1. The summed E-state index contributed by atoms with van der Waals surface area (Å²) in [5.74, 6) is 1.10. The first-order valence-corrected chi connectivity index (χ1v) is 12.6. The van der Waals surface area contributed by atoms with Gasteiger partial charge in [-0.3, -0.25) is 14.5 Å². The third-order valence-electron chi connectivity index (χ3n) is 5.73. The molecule has 0 aliphatic carbocycles. The van der Waals surface area contributed by atoms with Gasteiger partial charge >= 0.3 is 0 Å². The zero-order valence-corrected chi connectivity index (χ0v) is 20.8. The quantitative estimate of drug-likeness (QED) is 0.232. The van der Waals surface area contributed by atoms with Crippen molar-refractivity contribution < 1.29 is 19.1 Å². The Morgan fingerprint density at radius 3 is 2.42 bits per heavy atom. The minimum atomic E-state index is -0.314. The van der Waals surface area contributed by atoms with Crippen LogP contribution < -0.4 is 9.47 Å². The van der Waals surface area contributed by atoms with E-state index < -0.39 is 0 Å². The van der Waals surface area contributed by atoms with E-state index in [9.17, 15) is 9.59 Å². The van der Waals surface area contributed by atoms with Crippen LogP contribution in [0.4, 0.5) is 4.79 Å². The lowest BCUT2D eigenvalue weighted by Gasteiger charge is -2.14. The molecule has 1 saturated heterocycles. The average molecular weight is 516 g/mol. The predicted molar refractivity (Wildman–Crippen MR) is 144 cm³/mol. The molecule has 180 valence electrons. The number of carbonyl (C=O) groups excluding carboxylic acids is 2. The fourth-order valence-electron chi connectivity index (χ4n) is 3.85. The van der Waals surface area contributed by atoms with Crippen LogP contribution in [0.5, 0.6) is 11.5 Å². The molecule has 0 unspecified atom stereocenters. The van der Waals surface area contributed by atoms with Gasteiger partial charge in [-0.15, -0.1) is 0 Å². The van der Waals surface area contributed by atoms with Crippen molar-refractivity contribution in [2.24, 2.45) is 0 Å². The molecule has 0 radical (unpaired) electrons. The molecule has 1 heterocycles. The van der Waals surface area contributed by atoms with Gasteiger partial charge in [0.2, 0.25) is 0 Å². The first-order chi connectivity index (χ1) is 17.6. The highest BCUT2D eigenvalue weighted by molar-refractivity contribution is 8.18. The van der Waals surface area contributed by atoms with Crippen LogP contribution in [0.3, 0.4) is 0 Å². The van der Waals surface area contributed by atoms with E-state index in [1.807, 2.05) is 91.0 Å². The van der Waals surface area contributed by atoms with E-state index in [1.54, 1.807) is 6.08 Å². The second kappa shape index (κ2) is 10.9. The summed E-state index contributed by atoms with van der Waals surface area (Å²) in [4.78, 5) is 26.9. The fourth-order valence-corrected chi connectivity index (χ4v) is 4.90. The van der Waals surface area contributed by atoms with Crippen LogP contribution >= 0.6 is 23.4 Å². The molecule has 4 aromatic rings. The maximum Gasteiger partial charge on any atom is 0.293 e. The molecule has 1 fully saturated rings. The van der Waals surface area contributed by atoms with Crippen molar-refractivity contribution >= 4 is 51.4 Å². The van der Waals surface area contributed by atoms with Crippen LogP contribution in [-0.2, 0) is 11.4 Å². The van der Waals surface area contributed by atoms with Crippen LogP contribution in [0.1, 0.15) is 11.1 Å². The topological polar surface area (TPSA) is 55.8 Å². The second-order valence-corrected chi connectivity index (χ2v) is 9.51. The Kier molecular flexibility index (Phi) is 7.26. The zero-order valence-electron chi connectivity index (χ0n) is 19.2. The summed E-state index contributed by atoms with van der Waals surface area (Å²) in [5.41, 5.74) is 1.71. The van der Waals surface area contributed by atoms with Crippen LogP contribution in [0.2, 0.25) is 5.02 Å². The van der Waals surface area contributed by atoms with Crippen molar-refractivity contribution in [2.45, 2.75) is 6.61 Å². The summed E-state index contributed by atoms with van der Waals surface area (Å²) in [6.45, 7) is 0.760. The molecule has 1 aliphatic rings. The van der Waals surface area contributed by atoms with Gasteiger partial charge in [0.15, 0.2) is 0 Å². The molecule has 5 rings (SSSR count). The Hall–Kier alpha value is -3.74. The van der Waals surface area contributed by atoms with Crippen molar-refractivity contribution in [3.8, 4) is 11.5 Å². The predicted octanol–water partition coefficient (Wildman–Crippen LogP) is 7.19.